The topological polar surface area (TPSA) is 66.4 Å². The van der Waals surface area contributed by atoms with Gasteiger partial charge >= 0.3 is 5.97 Å². The lowest BCUT2D eigenvalue weighted by molar-refractivity contribution is -0.141. The van der Waals surface area contributed by atoms with E-state index in [1.54, 1.807) is 6.92 Å². The number of carbonyl (C=O) groups excluding carboxylic acids is 1. The van der Waals surface area contributed by atoms with Crippen molar-refractivity contribution in [3.8, 4) is 0 Å². The van der Waals surface area contributed by atoms with Crippen molar-refractivity contribution in [3.63, 3.8) is 0 Å². The first-order chi connectivity index (χ1) is 8.40. The number of hydrogen-bond acceptors (Lipinski definition) is 2. The zero-order valence-electron chi connectivity index (χ0n) is 9.74. The van der Waals surface area contributed by atoms with E-state index in [1.165, 1.54) is 18.2 Å². The summed E-state index contributed by atoms with van der Waals surface area (Å²) >= 11 is 11.6. The van der Waals surface area contributed by atoms with Crippen LogP contribution in [0.2, 0.25) is 10.0 Å². The van der Waals surface area contributed by atoms with Gasteiger partial charge in [-0.15, -0.1) is 0 Å². The molecule has 1 aromatic carbocycles. The van der Waals surface area contributed by atoms with Gasteiger partial charge in [0.2, 0.25) is 0 Å². The summed E-state index contributed by atoms with van der Waals surface area (Å²) < 4.78 is 0. The summed E-state index contributed by atoms with van der Waals surface area (Å²) in [6, 6.07) is 4.54. The Morgan fingerprint density at radius 1 is 1.28 bits per heavy atom. The number of aliphatic carboxylic acids is 1. The number of amides is 1. The molecule has 1 amide bonds. The van der Waals surface area contributed by atoms with Crippen LogP contribution in [0.1, 0.15) is 23.7 Å². The fraction of sp³-hybridized carbons (Fsp3) is 0.333. The summed E-state index contributed by atoms with van der Waals surface area (Å²) in [7, 11) is 0. The number of benzene rings is 1. The molecule has 1 unspecified atom stereocenters. The van der Waals surface area contributed by atoms with Gasteiger partial charge in [0.05, 0.1) is 5.92 Å². The zero-order valence-corrected chi connectivity index (χ0v) is 11.3. The fourth-order valence-electron chi connectivity index (χ4n) is 1.31. The van der Waals surface area contributed by atoms with Crippen molar-refractivity contribution < 1.29 is 14.7 Å². The van der Waals surface area contributed by atoms with Crippen molar-refractivity contribution in [3.05, 3.63) is 33.8 Å². The summed E-state index contributed by atoms with van der Waals surface area (Å²) in [4.78, 5) is 22.3. The van der Waals surface area contributed by atoms with Gasteiger partial charge in [-0.1, -0.05) is 30.1 Å². The van der Waals surface area contributed by atoms with Crippen LogP contribution in [0.25, 0.3) is 0 Å². The van der Waals surface area contributed by atoms with Crippen molar-refractivity contribution in [2.75, 3.05) is 6.54 Å². The second kappa shape index (κ2) is 6.61. The Kier molecular flexibility index (Phi) is 5.44. The third-order valence-electron chi connectivity index (χ3n) is 2.41. The molecule has 0 saturated heterocycles. The summed E-state index contributed by atoms with van der Waals surface area (Å²) in [6.45, 7) is 1.88. The first kappa shape index (κ1) is 14.8. The molecule has 4 nitrogen and oxygen atoms in total. The average molecular weight is 290 g/mol. The van der Waals surface area contributed by atoms with Crippen LogP contribution in [0, 0.1) is 5.92 Å². The average Bonchev–Trinajstić information content (AvgIpc) is 2.27. The fourth-order valence-corrected chi connectivity index (χ4v) is 1.84. The van der Waals surface area contributed by atoms with Crippen molar-refractivity contribution in [1.29, 1.82) is 0 Å². The highest BCUT2D eigenvalue weighted by Gasteiger charge is 2.12. The van der Waals surface area contributed by atoms with Crippen molar-refractivity contribution >= 4 is 35.1 Å². The van der Waals surface area contributed by atoms with E-state index in [0.29, 0.717) is 22.0 Å². The van der Waals surface area contributed by atoms with E-state index in [1.807, 2.05) is 0 Å². The SMILES string of the molecule is CC(CCNC(=O)c1cc(Cl)cc(Cl)c1)C(=O)O. The number of carbonyl (C=O) groups is 2. The van der Waals surface area contributed by atoms with Crippen LogP contribution in [-0.4, -0.2) is 23.5 Å². The molecular formula is C12H13Cl2NO3. The minimum atomic E-state index is -0.880. The molecule has 0 aliphatic carbocycles. The third-order valence-corrected chi connectivity index (χ3v) is 2.85. The molecule has 0 aromatic heterocycles. The van der Waals surface area contributed by atoms with Gasteiger partial charge in [-0.2, -0.15) is 0 Å². The number of hydrogen-bond donors (Lipinski definition) is 2. The van der Waals surface area contributed by atoms with E-state index in [4.69, 9.17) is 28.3 Å². The molecule has 6 heteroatoms. The Morgan fingerprint density at radius 2 is 1.83 bits per heavy atom. The monoisotopic (exact) mass is 289 g/mol. The number of halogens is 2. The maximum Gasteiger partial charge on any atom is 0.306 e. The maximum absolute atomic E-state index is 11.7. The Bertz CT molecular complexity index is 442. The first-order valence-electron chi connectivity index (χ1n) is 5.37. The largest absolute Gasteiger partial charge is 0.481 e. The van der Waals surface area contributed by atoms with Gasteiger partial charge in [0.1, 0.15) is 0 Å². The Labute approximate surface area is 115 Å². The first-order valence-corrected chi connectivity index (χ1v) is 6.13. The second-order valence-electron chi connectivity index (χ2n) is 3.94. The molecule has 0 fully saturated rings. The van der Waals surface area contributed by atoms with Crippen molar-refractivity contribution in [1.82, 2.24) is 5.32 Å². The van der Waals surface area contributed by atoms with Gasteiger partial charge in [0, 0.05) is 22.2 Å². The molecule has 1 rings (SSSR count). The molecule has 0 saturated carbocycles. The van der Waals surface area contributed by atoms with Crippen LogP contribution in [0.4, 0.5) is 0 Å². The highest BCUT2D eigenvalue weighted by atomic mass is 35.5. The number of carboxylic acid groups (broad SMARTS) is 1. The molecule has 18 heavy (non-hydrogen) atoms. The van der Waals surface area contributed by atoms with Crippen LogP contribution in [0.5, 0.6) is 0 Å². The lowest BCUT2D eigenvalue weighted by atomic mass is 10.1. The lowest BCUT2D eigenvalue weighted by Crippen LogP contribution is -2.27. The molecular weight excluding hydrogens is 277 g/mol. The van der Waals surface area contributed by atoms with Gasteiger partial charge in [-0.3, -0.25) is 9.59 Å². The molecule has 1 aromatic rings. The van der Waals surface area contributed by atoms with E-state index in [2.05, 4.69) is 5.32 Å². The Hall–Kier alpha value is -1.26. The third kappa shape index (κ3) is 4.55. The molecule has 0 spiro atoms. The Morgan fingerprint density at radius 3 is 2.33 bits per heavy atom. The van der Waals surface area contributed by atoms with Crippen LogP contribution in [0.3, 0.4) is 0 Å². The minimum absolute atomic E-state index is 0.288. The zero-order chi connectivity index (χ0) is 13.7. The highest BCUT2D eigenvalue weighted by molar-refractivity contribution is 6.35. The molecule has 2 N–H and O–H groups in total. The smallest absolute Gasteiger partial charge is 0.306 e. The highest BCUT2D eigenvalue weighted by Crippen LogP contribution is 2.18. The predicted octanol–water partition coefficient (Wildman–Crippen LogP) is 2.83. The van der Waals surface area contributed by atoms with Crippen LogP contribution < -0.4 is 5.32 Å². The summed E-state index contributed by atoms with van der Waals surface area (Å²) in [5.74, 6) is -1.69. The number of carboxylic acids is 1. The molecule has 0 aliphatic heterocycles. The number of nitrogens with one attached hydrogen (secondary N) is 1. The number of rotatable bonds is 5. The molecule has 0 radical (unpaired) electrons. The van der Waals surface area contributed by atoms with E-state index in [9.17, 15) is 9.59 Å². The van der Waals surface area contributed by atoms with Gasteiger partial charge in [0.15, 0.2) is 0 Å². The predicted molar refractivity (Wildman–Crippen MR) is 70.2 cm³/mol. The Balaban J connectivity index is 2.53. The van der Waals surface area contributed by atoms with Crippen LogP contribution >= 0.6 is 23.2 Å². The normalized spacial score (nSPS) is 11.9. The van der Waals surface area contributed by atoms with Crippen molar-refractivity contribution in [2.45, 2.75) is 13.3 Å². The van der Waals surface area contributed by atoms with E-state index >= 15 is 0 Å². The summed E-state index contributed by atoms with van der Waals surface area (Å²) in [5.41, 5.74) is 0.357. The van der Waals surface area contributed by atoms with Gasteiger partial charge < -0.3 is 10.4 Å². The van der Waals surface area contributed by atoms with E-state index in [-0.39, 0.29) is 12.5 Å². The van der Waals surface area contributed by atoms with E-state index < -0.39 is 11.9 Å². The quantitative estimate of drug-likeness (QED) is 0.876. The summed E-state index contributed by atoms with van der Waals surface area (Å²) in [6.07, 6.45) is 0.370. The molecule has 0 bridgehead atoms. The molecule has 0 heterocycles. The van der Waals surface area contributed by atoms with Crippen molar-refractivity contribution in [2.24, 2.45) is 5.92 Å². The second-order valence-corrected chi connectivity index (χ2v) is 4.81. The molecule has 1 atom stereocenters. The molecule has 98 valence electrons. The van der Waals surface area contributed by atoms with Gasteiger partial charge in [-0.25, -0.2) is 0 Å². The standard InChI is InChI=1S/C12H13Cl2NO3/c1-7(12(17)18)2-3-15-11(16)8-4-9(13)6-10(14)5-8/h4-7H,2-3H2,1H3,(H,15,16)(H,17,18). The van der Waals surface area contributed by atoms with Crippen LogP contribution in [0.15, 0.2) is 18.2 Å². The summed E-state index contributed by atoms with van der Waals surface area (Å²) in [5, 5.41) is 12.1. The molecule has 0 aliphatic rings. The lowest BCUT2D eigenvalue weighted by Gasteiger charge is -2.08. The van der Waals surface area contributed by atoms with E-state index in [0.717, 1.165) is 0 Å². The van der Waals surface area contributed by atoms with Gasteiger partial charge in [-0.05, 0) is 24.6 Å². The maximum atomic E-state index is 11.7. The van der Waals surface area contributed by atoms with Crippen LogP contribution in [-0.2, 0) is 4.79 Å². The van der Waals surface area contributed by atoms with Gasteiger partial charge in [0.25, 0.3) is 5.91 Å². The minimum Gasteiger partial charge on any atom is -0.481 e.